The zero-order valence-electron chi connectivity index (χ0n) is 12.3. The zero-order chi connectivity index (χ0) is 15.2. The lowest BCUT2D eigenvalue weighted by atomic mass is 10.2. The highest BCUT2D eigenvalue weighted by Crippen LogP contribution is 2.10. The molecule has 21 heavy (non-hydrogen) atoms. The van der Waals surface area contributed by atoms with Gasteiger partial charge in [0.2, 0.25) is 5.91 Å². The first-order valence-electron chi connectivity index (χ1n) is 7.01. The number of carbonyl (C=O) groups is 2. The van der Waals surface area contributed by atoms with Crippen LogP contribution in [0.5, 0.6) is 0 Å². The lowest BCUT2D eigenvalue weighted by Gasteiger charge is -2.34. The van der Waals surface area contributed by atoms with Gasteiger partial charge in [-0.1, -0.05) is 6.07 Å². The average Bonchev–Trinajstić information content (AvgIpc) is 2.87. The van der Waals surface area contributed by atoms with E-state index < -0.39 is 6.03 Å². The molecule has 3 amide bonds. The fourth-order valence-electron chi connectivity index (χ4n) is 2.41. The number of amides is 3. The fraction of sp³-hybridized carbons (Fsp3) is 0.571. The van der Waals surface area contributed by atoms with E-state index in [1.54, 1.807) is 11.3 Å². The van der Waals surface area contributed by atoms with Gasteiger partial charge in [0, 0.05) is 18.0 Å². The summed E-state index contributed by atoms with van der Waals surface area (Å²) in [5.41, 5.74) is 0. The summed E-state index contributed by atoms with van der Waals surface area (Å²) in [4.78, 5) is 26.5. The Kier molecular flexibility index (Phi) is 5.72. The lowest BCUT2D eigenvalue weighted by Crippen LogP contribution is -2.50. The molecule has 0 aromatic carbocycles. The maximum Gasteiger partial charge on any atom is 0.321 e. The van der Waals surface area contributed by atoms with Gasteiger partial charge in [0.25, 0.3) is 0 Å². The third-order valence-electron chi connectivity index (χ3n) is 3.12. The molecule has 7 heteroatoms. The number of nitrogens with zero attached hydrogens (tertiary/aromatic N) is 1. The standard InChI is InChI=1S/C14H21N3O3S/c1-10-7-17(8-11(2)20-10)9-13(18)16-14(19)15-6-12-4-3-5-21-12/h3-5,10-11H,6-9H2,1-2H3,(H2,15,16,18,19)/t10-,11-/m0/s1. The fourth-order valence-corrected chi connectivity index (χ4v) is 3.05. The number of carbonyl (C=O) groups excluding carboxylic acids is 2. The molecule has 0 aliphatic carbocycles. The molecule has 1 aromatic heterocycles. The van der Waals surface area contributed by atoms with Crippen molar-refractivity contribution in [1.82, 2.24) is 15.5 Å². The van der Waals surface area contributed by atoms with Crippen molar-refractivity contribution in [3.05, 3.63) is 22.4 Å². The Morgan fingerprint density at radius 1 is 1.38 bits per heavy atom. The molecule has 0 unspecified atom stereocenters. The molecule has 2 atom stereocenters. The largest absolute Gasteiger partial charge is 0.373 e. The molecule has 6 nitrogen and oxygen atoms in total. The van der Waals surface area contributed by atoms with Crippen molar-refractivity contribution in [2.24, 2.45) is 0 Å². The van der Waals surface area contributed by atoms with E-state index in [9.17, 15) is 9.59 Å². The van der Waals surface area contributed by atoms with E-state index in [0.717, 1.165) is 4.88 Å². The van der Waals surface area contributed by atoms with Crippen LogP contribution in [0.3, 0.4) is 0 Å². The Balaban J connectivity index is 1.69. The molecule has 2 heterocycles. The minimum atomic E-state index is -0.456. The second kappa shape index (κ2) is 7.53. The van der Waals surface area contributed by atoms with E-state index in [-0.39, 0.29) is 24.7 Å². The molecule has 1 aromatic rings. The quantitative estimate of drug-likeness (QED) is 0.876. The molecule has 1 fully saturated rings. The van der Waals surface area contributed by atoms with Gasteiger partial charge in [-0.3, -0.25) is 15.0 Å². The van der Waals surface area contributed by atoms with E-state index in [1.807, 2.05) is 36.3 Å². The normalized spacial score (nSPS) is 22.8. The molecule has 1 saturated heterocycles. The van der Waals surface area contributed by atoms with E-state index in [0.29, 0.717) is 19.6 Å². The minimum Gasteiger partial charge on any atom is -0.373 e. The maximum absolute atomic E-state index is 11.8. The van der Waals surface area contributed by atoms with Gasteiger partial charge in [0.05, 0.1) is 25.3 Å². The van der Waals surface area contributed by atoms with Crippen LogP contribution in [-0.2, 0) is 16.1 Å². The van der Waals surface area contributed by atoms with Gasteiger partial charge < -0.3 is 10.1 Å². The number of nitrogens with one attached hydrogen (secondary N) is 2. The van der Waals surface area contributed by atoms with E-state index >= 15 is 0 Å². The third-order valence-corrected chi connectivity index (χ3v) is 4.00. The molecule has 0 saturated carbocycles. The summed E-state index contributed by atoms with van der Waals surface area (Å²) in [6.07, 6.45) is 0.211. The van der Waals surface area contributed by atoms with Gasteiger partial charge in [-0.05, 0) is 25.3 Å². The summed E-state index contributed by atoms with van der Waals surface area (Å²) in [6.45, 7) is 6.01. The summed E-state index contributed by atoms with van der Waals surface area (Å²) in [6, 6.07) is 3.40. The van der Waals surface area contributed by atoms with Crippen molar-refractivity contribution in [1.29, 1.82) is 0 Å². The number of imide groups is 1. The Morgan fingerprint density at radius 2 is 2.10 bits per heavy atom. The van der Waals surface area contributed by atoms with Crippen LogP contribution in [0.4, 0.5) is 4.79 Å². The van der Waals surface area contributed by atoms with Gasteiger partial charge in [0.1, 0.15) is 0 Å². The molecule has 1 aliphatic heterocycles. The Morgan fingerprint density at radius 3 is 2.71 bits per heavy atom. The lowest BCUT2D eigenvalue weighted by molar-refractivity contribution is -0.124. The maximum atomic E-state index is 11.8. The van der Waals surface area contributed by atoms with Crippen LogP contribution in [0.15, 0.2) is 17.5 Å². The average molecular weight is 311 g/mol. The summed E-state index contributed by atoms with van der Waals surface area (Å²) in [7, 11) is 0. The van der Waals surface area contributed by atoms with Crippen LogP contribution in [-0.4, -0.2) is 48.7 Å². The van der Waals surface area contributed by atoms with E-state index in [4.69, 9.17) is 4.74 Å². The summed E-state index contributed by atoms with van der Waals surface area (Å²) >= 11 is 1.56. The highest BCUT2D eigenvalue weighted by Gasteiger charge is 2.24. The number of ether oxygens (including phenoxy) is 1. The van der Waals surface area contributed by atoms with Crippen LogP contribution in [0.1, 0.15) is 18.7 Å². The van der Waals surface area contributed by atoms with Crippen LogP contribution in [0.2, 0.25) is 0 Å². The number of rotatable bonds is 4. The first-order valence-corrected chi connectivity index (χ1v) is 7.89. The number of urea groups is 1. The first-order chi connectivity index (χ1) is 10.0. The molecular formula is C14H21N3O3S. The third kappa shape index (κ3) is 5.45. The van der Waals surface area contributed by atoms with Crippen molar-refractivity contribution < 1.29 is 14.3 Å². The molecule has 2 rings (SSSR count). The molecule has 1 aliphatic rings. The van der Waals surface area contributed by atoms with Crippen molar-refractivity contribution in [3.63, 3.8) is 0 Å². The molecule has 0 radical (unpaired) electrons. The first kappa shape index (κ1) is 15.9. The predicted molar refractivity (Wildman–Crippen MR) is 81.1 cm³/mol. The highest BCUT2D eigenvalue weighted by atomic mass is 32.1. The van der Waals surface area contributed by atoms with Crippen LogP contribution in [0.25, 0.3) is 0 Å². The van der Waals surface area contributed by atoms with Crippen LogP contribution < -0.4 is 10.6 Å². The zero-order valence-corrected chi connectivity index (χ0v) is 13.1. The molecule has 0 spiro atoms. The SMILES string of the molecule is C[C@H]1CN(CC(=O)NC(=O)NCc2cccs2)C[C@H](C)O1. The molecule has 0 bridgehead atoms. The number of morpholine rings is 1. The van der Waals surface area contributed by atoms with Crippen molar-refractivity contribution in [3.8, 4) is 0 Å². The molecule has 116 valence electrons. The topological polar surface area (TPSA) is 70.7 Å². The number of hydrogen-bond acceptors (Lipinski definition) is 5. The van der Waals surface area contributed by atoms with Crippen molar-refractivity contribution in [2.75, 3.05) is 19.6 Å². The number of thiophene rings is 1. The van der Waals surface area contributed by atoms with Gasteiger partial charge in [0.15, 0.2) is 0 Å². The van der Waals surface area contributed by atoms with Crippen molar-refractivity contribution in [2.45, 2.75) is 32.6 Å². The molecular weight excluding hydrogens is 290 g/mol. The monoisotopic (exact) mass is 311 g/mol. The van der Waals surface area contributed by atoms with Crippen LogP contribution >= 0.6 is 11.3 Å². The minimum absolute atomic E-state index is 0.106. The highest BCUT2D eigenvalue weighted by molar-refractivity contribution is 7.09. The molecule has 2 N–H and O–H groups in total. The smallest absolute Gasteiger partial charge is 0.321 e. The van der Waals surface area contributed by atoms with E-state index in [1.165, 1.54) is 0 Å². The van der Waals surface area contributed by atoms with Gasteiger partial charge >= 0.3 is 6.03 Å². The Labute approximate surface area is 128 Å². The summed E-state index contributed by atoms with van der Waals surface area (Å²) in [5, 5.41) is 6.96. The van der Waals surface area contributed by atoms with Gasteiger partial charge in [-0.15, -0.1) is 11.3 Å². The Bertz CT molecular complexity index is 468. The Hall–Kier alpha value is -1.44. The number of hydrogen-bond donors (Lipinski definition) is 2. The van der Waals surface area contributed by atoms with Crippen LogP contribution in [0, 0.1) is 0 Å². The predicted octanol–water partition coefficient (Wildman–Crippen LogP) is 1.18. The van der Waals surface area contributed by atoms with Gasteiger partial charge in [-0.2, -0.15) is 0 Å². The second-order valence-corrected chi connectivity index (χ2v) is 6.29. The van der Waals surface area contributed by atoms with Gasteiger partial charge in [-0.25, -0.2) is 4.79 Å². The van der Waals surface area contributed by atoms with E-state index in [2.05, 4.69) is 10.6 Å². The second-order valence-electron chi connectivity index (χ2n) is 5.26. The summed E-state index contributed by atoms with van der Waals surface area (Å²) < 4.78 is 5.61. The van der Waals surface area contributed by atoms with Crippen molar-refractivity contribution >= 4 is 23.3 Å². The summed E-state index contributed by atoms with van der Waals surface area (Å²) in [5.74, 6) is -0.292.